The minimum Gasteiger partial charge on any atom is -0.487 e. The van der Waals surface area contributed by atoms with Gasteiger partial charge in [0, 0.05) is 36.9 Å². The summed E-state index contributed by atoms with van der Waals surface area (Å²) in [4.78, 5) is 8.75. The quantitative estimate of drug-likeness (QED) is 0.0647. The molecule has 2 N–H and O–H groups in total. The van der Waals surface area contributed by atoms with E-state index < -0.39 is 10.4 Å². The Morgan fingerprint density at radius 1 is 0.804 bits per heavy atom. The van der Waals surface area contributed by atoms with Gasteiger partial charge >= 0.3 is 10.4 Å². The van der Waals surface area contributed by atoms with Crippen molar-refractivity contribution in [3.63, 3.8) is 0 Å². The van der Waals surface area contributed by atoms with Crippen LogP contribution in [0.4, 0.5) is 11.5 Å². The van der Waals surface area contributed by atoms with Crippen LogP contribution < -0.4 is 14.8 Å². The third-order valence-corrected chi connectivity index (χ3v) is 7.28. The van der Waals surface area contributed by atoms with Crippen molar-refractivity contribution in [2.75, 3.05) is 52.6 Å². The third-order valence-electron chi connectivity index (χ3n) is 6.81. The van der Waals surface area contributed by atoms with Crippen LogP contribution in [0.3, 0.4) is 0 Å². The molecule has 3 rings (SSSR count). The fourth-order valence-corrected chi connectivity index (χ4v) is 4.76. The first-order valence-corrected chi connectivity index (χ1v) is 17.2. The van der Waals surface area contributed by atoms with Crippen LogP contribution in [0.5, 0.6) is 11.5 Å². The van der Waals surface area contributed by atoms with Crippen molar-refractivity contribution in [2.45, 2.75) is 71.1 Å². The molecule has 0 aliphatic heterocycles. The number of hydrogen-bond donors (Lipinski definition) is 2. The topological polar surface area (TPSA) is 138 Å². The lowest BCUT2D eigenvalue weighted by molar-refractivity contribution is 0.132. The van der Waals surface area contributed by atoms with Crippen LogP contribution in [0.15, 0.2) is 42.7 Å². The molecule has 254 valence electrons. The second kappa shape index (κ2) is 22.9. The van der Waals surface area contributed by atoms with Crippen molar-refractivity contribution in [3.05, 3.63) is 48.3 Å². The molecule has 0 unspecified atom stereocenters. The molecule has 0 saturated heterocycles. The zero-order chi connectivity index (χ0) is 33.5. The number of benzene rings is 2. The van der Waals surface area contributed by atoms with E-state index in [-0.39, 0.29) is 6.61 Å². The molecule has 0 amide bonds. The molecule has 3 aromatic rings. The number of hydrogen-bond acceptors (Lipinski definition) is 10. The van der Waals surface area contributed by atoms with E-state index in [4.69, 9.17) is 29.9 Å². The fourth-order valence-electron chi connectivity index (χ4n) is 4.44. The highest BCUT2D eigenvalue weighted by molar-refractivity contribution is 7.80. The molecule has 1 heterocycles. The van der Waals surface area contributed by atoms with Gasteiger partial charge in [0.1, 0.15) is 25.4 Å². The van der Waals surface area contributed by atoms with E-state index >= 15 is 0 Å². The minimum atomic E-state index is -4.23. The normalized spacial score (nSPS) is 11.0. The van der Waals surface area contributed by atoms with Gasteiger partial charge in [0.25, 0.3) is 0 Å². The summed E-state index contributed by atoms with van der Waals surface area (Å²) in [5, 5.41) is 4.10. The first-order chi connectivity index (χ1) is 22.3. The van der Waals surface area contributed by atoms with Crippen molar-refractivity contribution in [3.8, 4) is 23.8 Å². The molecule has 0 radical (unpaired) electrons. The van der Waals surface area contributed by atoms with E-state index in [0.29, 0.717) is 50.2 Å². The Labute approximate surface area is 274 Å². The monoisotopic (exact) mass is 659 g/mol. The molecule has 2 aromatic carbocycles. The highest BCUT2D eigenvalue weighted by atomic mass is 32.3. The van der Waals surface area contributed by atoms with E-state index in [1.807, 2.05) is 36.4 Å². The van der Waals surface area contributed by atoms with E-state index in [0.717, 1.165) is 35.0 Å². The molecular formula is C34H49N3O8S. The number of aromatic nitrogens is 2. The first-order valence-electron chi connectivity index (χ1n) is 15.8. The van der Waals surface area contributed by atoms with E-state index in [9.17, 15) is 8.42 Å². The van der Waals surface area contributed by atoms with Crippen LogP contribution in [-0.4, -0.2) is 70.2 Å². The van der Waals surface area contributed by atoms with E-state index in [2.05, 4.69) is 32.3 Å². The maximum atomic E-state index is 10.2. The average molecular weight is 660 g/mol. The zero-order valence-electron chi connectivity index (χ0n) is 27.3. The van der Waals surface area contributed by atoms with Crippen molar-refractivity contribution < 1.29 is 36.1 Å². The first kappa shape index (κ1) is 38.7. The van der Waals surface area contributed by atoms with Gasteiger partial charge in [-0.1, -0.05) is 76.7 Å². The van der Waals surface area contributed by atoms with Crippen LogP contribution in [-0.2, 0) is 24.1 Å². The van der Waals surface area contributed by atoms with Crippen LogP contribution >= 0.6 is 0 Å². The van der Waals surface area contributed by atoms with Crippen molar-refractivity contribution in [2.24, 2.45) is 0 Å². The molecule has 0 aliphatic rings. The summed E-state index contributed by atoms with van der Waals surface area (Å²) >= 11 is 0. The van der Waals surface area contributed by atoms with Crippen LogP contribution in [0.25, 0.3) is 10.9 Å². The number of nitrogens with one attached hydrogen (secondary N) is 1. The van der Waals surface area contributed by atoms with Gasteiger partial charge in [-0.3, -0.25) is 4.55 Å². The van der Waals surface area contributed by atoms with Crippen LogP contribution in [0, 0.1) is 12.3 Å². The van der Waals surface area contributed by atoms with Gasteiger partial charge in [-0.25, -0.2) is 14.2 Å². The number of methoxy groups -OCH3 is 2. The maximum Gasteiger partial charge on any atom is 0.397 e. The molecule has 12 heteroatoms. The standard InChI is InChI=1S/C22H23N3O4.C12H26O4S/c1-4-16-6-5-7-17(12-16)25-22-18-13-20(28-10-8-26-2)21(29-11-9-27-3)14-19(18)23-15-24-22;1-2-3-4-5-6-7-8-9-10-11-12-16-17(13,14)15/h1,5-7,12-15H,8-11H2,2-3H3,(H,23,24,25);2-12H2,1H3,(H,13,14,15). The van der Waals surface area contributed by atoms with Gasteiger partial charge in [0.2, 0.25) is 0 Å². The largest absolute Gasteiger partial charge is 0.487 e. The van der Waals surface area contributed by atoms with E-state index in [1.54, 1.807) is 14.2 Å². The number of unbranched alkanes of at least 4 members (excludes halogenated alkanes) is 9. The predicted octanol–water partition coefficient (Wildman–Crippen LogP) is 7.13. The Hall–Kier alpha value is -3.47. The van der Waals surface area contributed by atoms with Crippen molar-refractivity contribution >= 4 is 32.8 Å². The van der Waals surface area contributed by atoms with Gasteiger partial charge < -0.3 is 24.3 Å². The Morgan fingerprint density at radius 2 is 1.41 bits per heavy atom. The third kappa shape index (κ3) is 16.2. The molecule has 0 aliphatic carbocycles. The number of rotatable bonds is 22. The average Bonchev–Trinajstić information content (AvgIpc) is 3.04. The summed E-state index contributed by atoms with van der Waals surface area (Å²) in [6.45, 7) is 4.04. The maximum absolute atomic E-state index is 10.2. The molecule has 46 heavy (non-hydrogen) atoms. The Kier molecular flexibility index (Phi) is 19.3. The Morgan fingerprint density at radius 3 is 2.00 bits per heavy atom. The summed E-state index contributed by atoms with van der Waals surface area (Å²) in [5.41, 5.74) is 2.34. The molecular weight excluding hydrogens is 610 g/mol. The lowest BCUT2D eigenvalue weighted by atomic mass is 10.1. The number of anilines is 2. The van der Waals surface area contributed by atoms with Crippen molar-refractivity contribution in [1.82, 2.24) is 9.97 Å². The number of fused-ring (bicyclic) bond motifs is 1. The molecule has 11 nitrogen and oxygen atoms in total. The van der Waals surface area contributed by atoms with E-state index in [1.165, 1.54) is 51.3 Å². The van der Waals surface area contributed by atoms with Crippen LogP contribution in [0.1, 0.15) is 76.7 Å². The molecule has 1 aromatic heterocycles. The van der Waals surface area contributed by atoms with Gasteiger partial charge in [-0.15, -0.1) is 6.42 Å². The summed E-state index contributed by atoms with van der Waals surface area (Å²) in [5.74, 6) is 4.44. The summed E-state index contributed by atoms with van der Waals surface area (Å²) in [6.07, 6.45) is 18.8. The Bertz CT molecular complexity index is 1430. The smallest absolute Gasteiger partial charge is 0.397 e. The second-order valence-corrected chi connectivity index (χ2v) is 11.6. The Balaban J connectivity index is 0.000000372. The highest BCUT2D eigenvalue weighted by Crippen LogP contribution is 2.35. The van der Waals surface area contributed by atoms with Crippen LogP contribution in [0.2, 0.25) is 0 Å². The molecule has 0 saturated carbocycles. The summed E-state index contributed by atoms with van der Waals surface area (Å²) in [7, 11) is -0.984. The SMILES string of the molecule is C#Cc1cccc(Nc2ncnc3cc(OCCOC)c(OCCOC)cc23)c1.CCCCCCCCCCCCOS(=O)(=O)O. The van der Waals surface area contributed by atoms with Gasteiger partial charge in [-0.05, 0) is 30.7 Å². The molecule has 0 fully saturated rings. The second-order valence-electron chi connectivity index (χ2n) is 10.5. The lowest BCUT2D eigenvalue weighted by Gasteiger charge is -2.15. The van der Waals surface area contributed by atoms with Gasteiger partial charge in [0.05, 0.1) is 25.3 Å². The van der Waals surface area contributed by atoms with Gasteiger partial charge in [0.15, 0.2) is 11.5 Å². The lowest BCUT2D eigenvalue weighted by Crippen LogP contribution is -2.09. The van der Waals surface area contributed by atoms with Crippen molar-refractivity contribution in [1.29, 1.82) is 0 Å². The van der Waals surface area contributed by atoms with Gasteiger partial charge in [-0.2, -0.15) is 8.42 Å². The predicted molar refractivity (Wildman–Crippen MR) is 181 cm³/mol. The summed E-state index contributed by atoms with van der Waals surface area (Å²) < 4.78 is 54.8. The number of nitrogens with zero attached hydrogens (tertiary/aromatic N) is 2. The molecule has 0 bridgehead atoms. The molecule has 0 spiro atoms. The highest BCUT2D eigenvalue weighted by Gasteiger charge is 2.13. The molecule has 0 atom stereocenters. The minimum absolute atomic E-state index is 0.0926. The summed E-state index contributed by atoms with van der Waals surface area (Å²) in [6, 6.07) is 11.3. The zero-order valence-corrected chi connectivity index (χ0v) is 28.1. The number of ether oxygens (including phenoxy) is 4. The fraction of sp³-hybridized carbons (Fsp3) is 0.529. The number of terminal acetylenes is 1.